The van der Waals surface area contributed by atoms with Crippen molar-refractivity contribution in [2.75, 3.05) is 44.3 Å². The normalized spacial score (nSPS) is 18.8. The monoisotopic (exact) mass is 588 g/mol. The Balaban J connectivity index is 1.68. The standard InChI is InChI=1S/C27H26F6N2O4S/c28-26(29,30)23-17(7-9-22(36)34-11-13-39-14-12-34)6-8-21(24(23)27(31,32)33)40-20-5-1-4-19(15-20)35-10-2-3-18(16-35)25(37)38/h1,4-9,15,18H,2-3,10-14,16H2,(H,37,38). The summed E-state index contributed by atoms with van der Waals surface area (Å²) >= 11 is 0.536. The molecule has 0 aliphatic carbocycles. The second kappa shape index (κ2) is 12.1. The average Bonchev–Trinajstić information content (AvgIpc) is 2.91. The lowest BCUT2D eigenvalue weighted by atomic mass is 9.98. The fourth-order valence-corrected chi connectivity index (χ4v) is 5.78. The van der Waals surface area contributed by atoms with Gasteiger partial charge in [0.2, 0.25) is 5.91 Å². The van der Waals surface area contributed by atoms with Gasteiger partial charge in [0.15, 0.2) is 0 Å². The van der Waals surface area contributed by atoms with Gasteiger partial charge in [-0.1, -0.05) is 23.9 Å². The van der Waals surface area contributed by atoms with E-state index in [2.05, 4.69) is 0 Å². The number of carbonyl (C=O) groups excluding carboxylic acids is 1. The molecule has 2 heterocycles. The van der Waals surface area contributed by atoms with Gasteiger partial charge in [-0.15, -0.1) is 0 Å². The number of hydrogen-bond acceptors (Lipinski definition) is 5. The molecule has 2 aliphatic heterocycles. The second-order valence-corrected chi connectivity index (χ2v) is 10.5. The number of carboxylic acid groups (broad SMARTS) is 1. The minimum atomic E-state index is -5.36. The first-order chi connectivity index (χ1) is 18.8. The van der Waals surface area contributed by atoms with Gasteiger partial charge in [-0.25, -0.2) is 0 Å². The van der Waals surface area contributed by atoms with Crippen LogP contribution < -0.4 is 4.90 Å². The highest BCUT2D eigenvalue weighted by Crippen LogP contribution is 2.48. The number of alkyl halides is 6. The van der Waals surface area contributed by atoms with E-state index in [0.717, 1.165) is 24.3 Å². The molecular formula is C27H26F6N2O4S. The number of aliphatic carboxylic acids is 1. The van der Waals surface area contributed by atoms with Crippen molar-refractivity contribution >= 4 is 35.4 Å². The van der Waals surface area contributed by atoms with E-state index in [4.69, 9.17) is 4.74 Å². The van der Waals surface area contributed by atoms with Gasteiger partial charge in [-0.2, -0.15) is 26.3 Å². The lowest BCUT2D eigenvalue weighted by Crippen LogP contribution is -2.39. The van der Waals surface area contributed by atoms with Gasteiger partial charge in [0.1, 0.15) is 0 Å². The van der Waals surface area contributed by atoms with Gasteiger partial charge in [0.05, 0.1) is 30.3 Å². The molecule has 40 heavy (non-hydrogen) atoms. The van der Waals surface area contributed by atoms with Crippen LogP contribution in [0.4, 0.5) is 32.0 Å². The number of carboxylic acids is 1. The Kier molecular flexibility index (Phi) is 9.03. The maximum absolute atomic E-state index is 14.2. The van der Waals surface area contributed by atoms with Crippen molar-refractivity contribution in [3.05, 3.63) is 59.2 Å². The highest BCUT2D eigenvalue weighted by atomic mass is 32.2. The summed E-state index contributed by atoms with van der Waals surface area (Å²) in [5.74, 6) is -2.15. The van der Waals surface area contributed by atoms with Crippen LogP contribution in [0, 0.1) is 5.92 Å². The van der Waals surface area contributed by atoms with Crippen molar-refractivity contribution in [2.45, 2.75) is 35.0 Å². The lowest BCUT2D eigenvalue weighted by Gasteiger charge is -2.32. The summed E-state index contributed by atoms with van der Waals surface area (Å²) in [5, 5.41) is 9.35. The van der Waals surface area contributed by atoms with Gasteiger partial charge < -0.3 is 19.6 Å². The number of morpholine rings is 1. The predicted octanol–water partition coefficient (Wildman–Crippen LogP) is 6.05. The van der Waals surface area contributed by atoms with Crippen molar-refractivity contribution in [2.24, 2.45) is 5.92 Å². The highest BCUT2D eigenvalue weighted by molar-refractivity contribution is 7.99. The van der Waals surface area contributed by atoms with Crippen LogP contribution in [-0.4, -0.2) is 61.3 Å². The first kappa shape index (κ1) is 29.8. The molecular weight excluding hydrogens is 562 g/mol. The van der Waals surface area contributed by atoms with Crippen LogP contribution in [-0.2, 0) is 26.7 Å². The molecule has 2 saturated heterocycles. The lowest BCUT2D eigenvalue weighted by molar-refractivity contribution is -0.163. The minimum Gasteiger partial charge on any atom is -0.481 e. The Morgan fingerprint density at radius 3 is 2.33 bits per heavy atom. The summed E-state index contributed by atoms with van der Waals surface area (Å²) in [6, 6.07) is 8.16. The molecule has 0 aromatic heterocycles. The summed E-state index contributed by atoms with van der Waals surface area (Å²) < 4.78 is 90.2. The van der Waals surface area contributed by atoms with Crippen LogP contribution in [0.15, 0.2) is 52.3 Å². The Hall–Kier alpha value is -3.19. The summed E-state index contributed by atoms with van der Waals surface area (Å²) in [4.78, 5) is 26.6. The zero-order valence-electron chi connectivity index (χ0n) is 21.1. The fourth-order valence-electron chi connectivity index (χ4n) is 4.74. The molecule has 2 fully saturated rings. The van der Waals surface area contributed by atoms with Gasteiger partial charge in [0.25, 0.3) is 0 Å². The second-order valence-electron chi connectivity index (χ2n) is 9.39. The van der Waals surface area contributed by atoms with Crippen molar-refractivity contribution < 1.29 is 45.8 Å². The number of ether oxygens (including phenoxy) is 1. The number of piperidine rings is 1. The molecule has 0 bridgehead atoms. The molecule has 6 nitrogen and oxygen atoms in total. The molecule has 1 N–H and O–H groups in total. The van der Waals surface area contributed by atoms with Gasteiger partial charge >= 0.3 is 18.3 Å². The number of halogens is 6. The Bertz CT molecular complexity index is 1270. The number of hydrogen-bond donors (Lipinski definition) is 1. The number of rotatable bonds is 6. The van der Waals surface area contributed by atoms with E-state index in [9.17, 15) is 41.0 Å². The molecule has 1 unspecified atom stereocenters. The van der Waals surface area contributed by atoms with E-state index in [1.807, 2.05) is 0 Å². The third-order valence-electron chi connectivity index (χ3n) is 6.68. The molecule has 2 aromatic rings. The molecule has 0 radical (unpaired) electrons. The van der Waals surface area contributed by atoms with Gasteiger partial charge in [-0.3, -0.25) is 9.59 Å². The number of anilines is 1. The highest BCUT2D eigenvalue weighted by Gasteiger charge is 2.46. The van der Waals surface area contributed by atoms with E-state index in [1.54, 1.807) is 17.0 Å². The molecule has 216 valence electrons. The average molecular weight is 589 g/mol. The van der Waals surface area contributed by atoms with Crippen molar-refractivity contribution in [3.63, 3.8) is 0 Å². The quantitative estimate of drug-likeness (QED) is 0.328. The van der Waals surface area contributed by atoms with Gasteiger partial charge in [0, 0.05) is 47.7 Å². The molecule has 13 heteroatoms. The molecule has 0 saturated carbocycles. The summed E-state index contributed by atoms with van der Waals surface area (Å²) in [5.41, 5.74) is -3.90. The Morgan fingerprint density at radius 2 is 1.68 bits per heavy atom. The van der Waals surface area contributed by atoms with Crippen LogP contribution >= 0.6 is 11.8 Å². The molecule has 4 rings (SSSR count). The Morgan fingerprint density at radius 1 is 0.975 bits per heavy atom. The predicted molar refractivity (Wildman–Crippen MR) is 136 cm³/mol. The number of carbonyl (C=O) groups is 2. The van der Waals surface area contributed by atoms with E-state index >= 15 is 0 Å². The first-order valence-electron chi connectivity index (χ1n) is 12.5. The van der Waals surface area contributed by atoms with E-state index in [1.165, 1.54) is 17.0 Å². The maximum atomic E-state index is 14.2. The third kappa shape index (κ3) is 7.11. The van der Waals surface area contributed by atoms with Crippen LogP contribution in [0.3, 0.4) is 0 Å². The van der Waals surface area contributed by atoms with Crippen LogP contribution in [0.5, 0.6) is 0 Å². The first-order valence-corrected chi connectivity index (χ1v) is 13.3. The molecule has 2 aliphatic rings. The van der Waals surface area contributed by atoms with Gasteiger partial charge in [-0.05, 0) is 48.7 Å². The SMILES string of the molecule is O=C(O)C1CCCN(c2cccc(Sc3ccc(C=CC(=O)N4CCOCC4)c(C(F)(F)F)c3C(F)(F)F)c2)C1. The summed E-state index contributed by atoms with van der Waals surface area (Å²) in [6.07, 6.45) is -7.97. The number of nitrogens with zero attached hydrogens (tertiary/aromatic N) is 2. The maximum Gasteiger partial charge on any atom is 0.418 e. The zero-order chi connectivity index (χ0) is 29.1. The topological polar surface area (TPSA) is 70.1 Å². The molecule has 1 amide bonds. The largest absolute Gasteiger partial charge is 0.481 e. The van der Waals surface area contributed by atoms with Crippen molar-refractivity contribution in [1.29, 1.82) is 0 Å². The minimum absolute atomic E-state index is 0.222. The van der Waals surface area contributed by atoms with E-state index < -0.39 is 51.7 Å². The van der Waals surface area contributed by atoms with Crippen LogP contribution in [0.1, 0.15) is 29.5 Å². The number of amides is 1. The van der Waals surface area contributed by atoms with Crippen molar-refractivity contribution in [3.8, 4) is 0 Å². The number of benzene rings is 2. The molecule has 2 aromatic carbocycles. The van der Waals surface area contributed by atoms with E-state index in [-0.39, 0.29) is 37.7 Å². The third-order valence-corrected chi connectivity index (χ3v) is 7.73. The Labute approximate surface area is 230 Å². The van der Waals surface area contributed by atoms with Crippen LogP contribution in [0.2, 0.25) is 0 Å². The van der Waals surface area contributed by atoms with E-state index in [0.29, 0.717) is 36.8 Å². The summed E-state index contributed by atoms with van der Waals surface area (Å²) in [7, 11) is 0. The zero-order valence-corrected chi connectivity index (χ0v) is 21.9. The molecule has 0 spiro atoms. The fraction of sp³-hybridized carbons (Fsp3) is 0.407. The molecule has 1 atom stereocenters. The van der Waals surface area contributed by atoms with Crippen LogP contribution in [0.25, 0.3) is 6.08 Å². The van der Waals surface area contributed by atoms with Crippen molar-refractivity contribution in [1.82, 2.24) is 4.90 Å². The smallest absolute Gasteiger partial charge is 0.418 e. The summed E-state index contributed by atoms with van der Waals surface area (Å²) in [6.45, 7) is 1.75.